The molecule has 1 aromatic rings. The zero-order chi connectivity index (χ0) is 13.0. The summed E-state index contributed by atoms with van der Waals surface area (Å²) in [5.74, 6) is 0.355. The van der Waals surface area contributed by atoms with Crippen molar-refractivity contribution in [2.24, 2.45) is 0 Å². The minimum atomic E-state index is -0.109. The van der Waals surface area contributed by atoms with Crippen LogP contribution in [0.4, 0.5) is 0 Å². The second kappa shape index (κ2) is 5.95. The van der Waals surface area contributed by atoms with Gasteiger partial charge in [-0.3, -0.25) is 4.79 Å². The monoisotopic (exact) mass is 252 g/mol. The number of carbonyl (C=O) groups excluding carboxylic acids is 1. The average molecular weight is 252 g/mol. The van der Waals surface area contributed by atoms with Crippen molar-refractivity contribution >= 4 is 5.91 Å². The van der Waals surface area contributed by atoms with Crippen molar-refractivity contribution < 1.29 is 9.90 Å². The van der Waals surface area contributed by atoms with Crippen molar-refractivity contribution in [1.82, 2.24) is 20.3 Å². The third-order valence-corrected chi connectivity index (χ3v) is 3.35. The van der Waals surface area contributed by atoms with Gasteiger partial charge in [-0.1, -0.05) is 18.6 Å². The highest BCUT2D eigenvalue weighted by atomic mass is 16.3. The van der Waals surface area contributed by atoms with Gasteiger partial charge in [-0.05, 0) is 19.3 Å². The normalized spacial score (nSPS) is 15.4. The molecule has 1 aliphatic rings. The maximum atomic E-state index is 11.7. The average Bonchev–Trinajstić information content (AvgIpc) is 2.68. The zero-order valence-corrected chi connectivity index (χ0v) is 10.7. The predicted molar refractivity (Wildman–Crippen MR) is 65.8 cm³/mol. The molecule has 2 rings (SSSR count). The van der Waals surface area contributed by atoms with E-state index in [0.29, 0.717) is 18.2 Å². The van der Waals surface area contributed by atoms with Gasteiger partial charge in [0.2, 0.25) is 5.91 Å². The van der Waals surface area contributed by atoms with Gasteiger partial charge in [0.15, 0.2) is 0 Å². The highest BCUT2D eigenvalue weighted by Gasteiger charge is 2.27. The van der Waals surface area contributed by atoms with Crippen molar-refractivity contribution in [2.45, 2.75) is 51.7 Å². The van der Waals surface area contributed by atoms with E-state index in [2.05, 4.69) is 15.6 Å². The number of nitrogens with one attached hydrogen (secondary N) is 1. The molecule has 100 valence electrons. The molecule has 1 saturated carbocycles. The zero-order valence-electron chi connectivity index (χ0n) is 10.7. The first-order valence-electron chi connectivity index (χ1n) is 6.56. The van der Waals surface area contributed by atoms with Crippen LogP contribution in [0.1, 0.15) is 49.9 Å². The molecule has 0 aromatic carbocycles. The summed E-state index contributed by atoms with van der Waals surface area (Å²) in [7, 11) is 0. The van der Waals surface area contributed by atoms with E-state index in [1.54, 1.807) is 4.68 Å². The van der Waals surface area contributed by atoms with E-state index in [1.165, 1.54) is 6.42 Å². The minimum absolute atomic E-state index is 0.0492. The lowest BCUT2D eigenvalue weighted by molar-refractivity contribution is -0.121. The quantitative estimate of drug-likeness (QED) is 0.775. The van der Waals surface area contributed by atoms with Gasteiger partial charge in [-0.25, -0.2) is 4.68 Å². The summed E-state index contributed by atoms with van der Waals surface area (Å²) in [6.45, 7) is 2.78. The molecule has 6 heteroatoms. The third-order valence-electron chi connectivity index (χ3n) is 3.35. The number of hydrogen-bond donors (Lipinski definition) is 2. The Labute approximate surface area is 106 Å². The van der Waals surface area contributed by atoms with Crippen molar-refractivity contribution in [3.8, 4) is 0 Å². The summed E-state index contributed by atoms with van der Waals surface area (Å²) >= 11 is 0. The molecular weight excluding hydrogens is 232 g/mol. The fourth-order valence-corrected chi connectivity index (χ4v) is 2.17. The first-order valence-corrected chi connectivity index (χ1v) is 6.56. The van der Waals surface area contributed by atoms with Crippen LogP contribution in [0.3, 0.4) is 0 Å². The van der Waals surface area contributed by atoms with Gasteiger partial charge < -0.3 is 10.4 Å². The summed E-state index contributed by atoms with van der Waals surface area (Å²) in [5, 5.41) is 20.0. The fourth-order valence-electron chi connectivity index (χ4n) is 2.17. The molecule has 0 aliphatic heterocycles. The molecule has 0 radical (unpaired) electrons. The Bertz CT molecular complexity index is 412. The smallest absolute Gasteiger partial charge is 0.241 e. The molecule has 0 atom stereocenters. The van der Waals surface area contributed by atoms with Crippen molar-refractivity contribution in [3.05, 3.63) is 11.4 Å². The Morgan fingerprint density at radius 2 is 2.33 bits per heavy atom. The molecule has 0 spiro atoms. The number of aliphatic hydroxyl groups is 1. The van der Waals surface area contributed by atoms with Gasteiger partial charge in [-0.2, -0.15) is 0 Å². The second-order valence-electron chi connectivity index (χ2n) is 4.71. The van der Waals surface area contributed by atoms with Crippen molar-refractivity contribution in [2.75, 3.05) is 6.54 Å². The van der Waals surface area contributed by atoms with Gasteiger partial charge in [0.05, 0.1) is 12.3 Å². The summed E-state index contributed by atoms with van der Waals surface area (Å²) in [4.78, 5) is 11.7. The maximum Gasteiger partial charge on any atom is 0.241 e. The van der Waals surface area contributed by atoms with E-state index in [9.17, 15) is 9.90 Å². The lowest BCUT2D eigenvalue weighted by Crippen LogP contribution is -2.30. The molecule has 6 nitrogen and oxygen atoms in total. The summed E-state index contributed by atoms with van der Waals surface area (Å²) in [6.07, 6.45) is 4.30. The number of amides is 1. The van der Waals surface area contributed by atoms with E-state index in [4.69, 9.17) is 0 Å². The SMILES string of the molecule is CCCNC(=O)Cn1nnc(CO)c1C1CCC1. The van der Waals surface area contributed by atoms with E-state index < -0.39 is 0 Å². The Kier molecular flexibility index (Phi) is 4.30. The minimum Gasteiger partial charge on any atom is -0.390 e. The Balaban J connectivity index is 2.07. The molecule has 1 aliphatic carbocycles. The topological polar surface area (TPSA) is 80.0 Å². The maximum absolute atomic E-state index is 11.7. The number of carbonyl (C=O) groups is 1. The summed E-state index contributed by atoms with van der Waals surface area (Å²) < 4.78 is 1.64. The molecule has 0 bridgehead atoms. The molecular formula is C12H20N4O2. The van der Waals surface area contributed by atoms with Gasteiger partial charge in [0, 0.05) is 12.5 Å². The van der Waals surface area contributed by atoms with Crippen LogP contribution in [0.5, 0.6) is 0 Å². The van der Waals surface area contributed by atoms with Crippen LogP contribution in [0.25, 0.3) is 0 Å². The van der Waals surface area contributed by atoms with Gasteiger partial charge in [-0.15, -0.1) is 5.10 Å². The highest BCUT2D eigenvalue weighted by molar-refractivity contribution is 5.75. The summed E-state index contributed by atoms with van der Waals surface area (Å²) in [5.41, 5.74) is 1.55. The first kappa shape index (κ1) is 13.0. The molecule has 1 fully saturated rings. The van der Waals surface area contributed by atoms with Crippen LogP contribution in [0.15, 0.2) is 0 Å². The van der Waals surface area contributed by atoms with Crippen LogP contribution in [0, 0.1) is 0 Å². The van der Waals surface area contributed by atoms with Crippen molar-refractivity contribution in [1.29, 1.82) is 0 Å². The molecule has 0 unspecified atom stereocenters. The van der Waals surface area contributed by atoms with E-state index in [1.807, 2.05) is 6.92 Å². The van der Waals surface area contributed by atoms with Crippen LogP contribution >= 0.6 is 0 Å². The number of aromatic nitrogens is 3. The Morgan fingerprint density at radius 1 is 1.56 bits per heavy atom. The van der Waals surface area contributed by atoms with E-state index >= 15 is 0 Å². The van der Waals surface area contributed by atoms with E-state index in [-0.39, 0.29) is 19.1 Å². The van der Waals surface area contributed by atoms with E-state index in [0.717, 1.165) is 25.0 Å². The third kappa shape index (κ3) is 2.69. The summed E-state index contributed by atoms with van der Waals surface area (Å²) in [6, 6.07) is 0. The fraction of sp³-hybridized carbons (Fsp3) is 0.750. The van der Waals surface area contributed by atoms with Crippen molar-refractivity contribution in [3.63, 3.8) is 0 Å². The van der Waals surface area contributed by atoms with Crippen LogP contribution in [-0.2, 0) is 17.9 Å². The molecule has 2 N–H and O–H groups in total. The van der Waals surface area contributed by atoms with Gasteiger partial charge in [0.1, 0.15) is 12.2 Å². The van der Waals surface area contributed by atoms with Crippen LogP contribution < -0.4 is 5.32 Å². The van der Waals surface area contributed by atoms with Gasteiger partial charge >= 0.3 is 0 Å². The molecule has 1 aromatic heterocycles. The number of hydrogen-bond acceptors (Lipinski definition) is 4. The molecule has 1 heterocycles. The number of rotatable bonds is 6. The standard InChI is InChI=1S/C12H20N4O2/c1-2-6-13-11(18)7-16-12(9-4-3-5-9)10(8-17)14-15-16/h9,17H,2-8H2,1H3,(H,13,18). The Hall–Kier alpha value is -1.43. The largest absolute Gasteiger partial charge is 0.390 e. The molecule has 0 saturated heterocycles. The second-order valence-corrected chi connectivity index (χ2v) is 4.71. The van der Waals surface area contributed by atoms with Crippen LogP contribution in [-0.4, -0.2) is 32.6 Å². The Morgan fingerprint density at radius 3 is 2.89 bits per heavy atom. The predicted octanol–water partition coefficient (Wildman–Crippen LogP) is 0.564. The molecule has 1 amide bonds. The highest BCUT2D eigenvalue weighted by Crippen LogP contribution is 2.37. The first-order chi connectivity index (χ1) is 8.76. The van der Waals surface area contributed by atoms with Crippen LogP contribution in [0.2, 0.25) is 0 Å². The lowest BCUT2D eigenvalue weighted by Gasteiger charge is -2.26. The number of aliphatic hydroxyl groups excluding tert-OH is 1. The lowest BCUT2D eigenvalue weighted by atomic mass is 9.82. The molecule has 18 heavy (non-hydrogen) atoms. The van der Waals surface area contributed by atoms with Gasteiger partial charge in [0.25, 0.3) is 0 Å². The number of nitrogens with zero attached hydrogens (tertiary/aromatic N) is 3.